The van der Waals surface area contributed by atoms with E-state index in [9.17, 15) is 4.79 Å². The summed E-state index contributed by atoms with van der Waals surface area (Å²) in [5, 5.41) is 0. The van der Waals surface area contributed by atoms with Crippen LogP contribution in [0.4, 0.5) is 0 Å². The number of carbonyl (C=O) groups excluding carboxylic acids is 1. The van der Waals surface area contributed by atoms with Gasteiger partial charge in [-0.2, -0.15) is 11.8 Å². The number of carbonyl (C=O) groups is 1. The lowest BCUT2D eigenvalue weighted by atomic mass is 10.1. The van der Waals surface area contributed by atoms with Gasteiger partial charge in [0.25, 0.3) is 0 Å². The van der Waals surface area contributed by atoms with E-state index < -0.39 is 0 Å². The molecule has 0 amide bonds. The standard InChI is InChI=1S/C12H16OS2/c1-3-8-15-9-12(13)10-4-6-11(14-2)7-5-10/h4-7H,3,8-9H2,1-2H3. The maximum Gasteiger partial charge on any atom is 0.172 e. The van der Waals surface area contributed by atoms with Crippen molar-refractivity contribution in [2.24, 2.45) is 0 Å². The van der Waals surface area contributed by atoms with E-state index in [-0.39, 0.29) is 5.78 Å². The summed E-state index contributed by atoms with van der Waals surface area (Å²) in [5.41, 5.74) is 0.830. The number of hydrogen-bond donors (Lipinski definition) is 0. The number of hydrogen-bond acceptors (Lipinski definition) is 3. The maximum atomic E-state index is 11.7. The maximum absolute atomic E-state index is 11.7. The molecule has 1 nitrogen and oxygen atoms in total. The molecule has 0 atom stereocenters. The first-order valence-corrected chi connectivity index (χ1v) is 7.41. The molecule has 0 fully saturated rings. The van der Waals surface area contributed by atoms with Gasteiger partial charge < -0.3 is 0 Å². The topological polar surface area (TPSA) is 17.1 Å². The average Bonchev–Trinajstić information content (AvgIpc) is 2.29. The highest BCUT2D eigenvalue weighted by Gasteiger charge is 2.04. The van der Waals surface area contributed by atoms with Crippen LogP contribution in [-0.2, 0) is 0 Å². The number of thioether (sulfide) groups is 2. The quantitative estimate of drug-likeness (QED) is 0.428. The van der Waals surface area contributed by atoms with E-state index in [4.69, 9.17) is 0 Å². The van der Waals surface area contributed by atoms with Gasteiger partial charge in [-0.1, -0.05) is 19.1 Å². The normalized spacial score (nSPS) is 10.3. The molecule has 3 heteroatoms. The van der Waals surface area contributed by atoms with Gasteiger partial charge >= 0.3 is 0 Å². The van der Waals surface area contributed by atoms with Crippen LogP contribution in [0.25, 0.3) is 0 Å². The van der Waals surface area contributed by atoms with Gasteiger partial charge in [-0.15, -0.1) is 11.8 Å². The first kappa shape index (κ1) is 12.7. The smallest absolute Gasteiger partial charge is 0.172 e. The molecule has 0 N–H and O–H groups in total. The Bertz CT molecular complexity index is 306. The number of benzene rings is 1. The molecule has 0 heterocycles. The lowest BCUT2D eigenvalue weighted by Crippen LogP contribution is -2.02. The summed E-state index contributed by atoms with van der Waals surface area (Å²) in [7, 11) is 0. The minimum Gasteiger partial charge on any atom is -0.293 e. The van der Waals surface area contributed by atoms with Gasteiger partial charge in [-0.25, -0.2) is 0 Å². The van der Waals surface area contributed by atoms with E-state index in [1.165, 1.54) is 4.90 Å². The molecule has 1 rings (SSSR count). The Labute approximate surface area is 100 Å². The summed E-state index contributed by atoms with van der Waals surface area (Å²) in [5.74, 6) is 1.90. The van der Waals surface area contributed by atoms with Crippen molar-refractivity contribution in [3.8, 4) is 0 Å². The largest absolute Gasteiger partial charge is 0.293 e. The van der Waals surface area contributed by atoms with E-state index in [1.54, 1.807) is 23.5 Å². The fourth-order valence-electron chi connectivity index (χ4n) is 1.17. The molecular formula is C12H16OS2. The zero-order valence-electron chi connectivity index (χ0n) is 9.16. The summed E-state index contributed by atoms with van der Waals surface area (Å²) in [4.78, 5) is 12.9. The van der Waals surface area contributed by atoms with Crippen molar-refractivity contribution in [3.63, 3.8) is 0 Å². The van der Waals surface area contributed by atoms with Crippen LogP contribution < -0.4 is 0 Å². The van der Waals surface area contributed by atoms with E-state index in [0.29, 0.717) is 5.75 Å². The molecule has 82 valence electrons. The molecule has 0 unspecified atom stereocenters. The van der Waals surface area contributed by atoms with Crippen LogP contribution in [0.1, 0.15) is 23.7 Å². The number of rotatable bonds is 6. The Kier molecular flexibility index (Phi) is 5.88. The molecule has 0 aliphatic rings. The first-order valence-electron chi connectivity index (χ1n) is 5.03. The predicted octanol–water partition coefficient (Wildman–Crippen LogP) is 3.73. The summed E-state index contributed by atoms with van der Waals surface area (Å²) in [6.45, 7) is 2.13. The lowest BCUT2D eigenvalue weighted by molar-refractivity contribution is 0.102. The zero-order chi connectivity index (χ0) is 11.1. The second kappa shape index (κ2) is 6.96. The molecule has 15 heavy (non-hydrogen) atoms. The second-order valence-electron chi connectivity index (χ2n) is 3.20. The Morgan fingerprint density at radius 3 is 2.47 bits per heavy atom. The van der Waals surface area contributed by atoms with Crippen LogP contribution in [0.15, 0.2) is 29.2 Å². The van der Waals surface area contributed by atoms with Crippen molar-refractivity contribution >= 4 is 29.3 Å². The Balaban J connectivity index is 2.50. The van der Waals surface area contributed by atoms with Gasteiger partial charge in [0.05, 0.1) is 5.75 Å². The van der Waals surface area contributed by atoms with Crippen molar-refractivity contribution in [1.29, 1.82) is 0 Å². The van der Waals surface area contributed by atoms with Gasteiger partial charge in [0, 0.05) is 10.5 Å². The highest BCUT2D eigenvalue weighted by Crippen LogP contribution is 2.16. The van der Waals surface area contributed by atoms with Crippen LogP contribution in [0, 0.1) is 0 Å². The van der Waals surface area contributed by atoms with Gasteiger partial charge in [0.1, 0.15) is 0 Å². The van der Waals surface area contributed by atoms with Crippen LogP contribution in [0.2, 0.25) is 0 Å². The van der Waals surface area contributed by atoms with Crippen LogP contribution >= 0.6 is 23.5 Å². The molecule has 0 bridgehead atoms. The Hall–Kier alpha value is -0.410. The van der Waals surface area contributed by atoms with Gasteiger partial charge in [-0.05, 0) is 30.6 Å². The average molecular weight is 240 g/mol. The van der Waals surface area contributed by atoms with Crippen molar-refractivity contribution < 1.29 is 4.79 Å². The summed E-state index contributed by atoms with van der Waals surface area (Å²) < 4.78 is 0. The monoisotopic (exact) mass is 240 g/mol. The van der Waals surface area contributed by atoms with Gasteiger partial charge in [0.15, 0.2) is 5.78 Å². The minimum absolute atomic E-state index is 0.237. The third-order valence-corrected chi connectivity index (χ3v) is 3.90. The van der Waals surface area contributed by atoms with Crippen molar-refractivity contribution in [1.82, 2.24) is 0 Å². The third-order valence-electron chi connectivity index (χ3n) is 1.99. The summed E-state index contributed by atoms with van der Waals surface area (Å²) in [6, 6.07) is 7.84. The molecule has 0 radical (unpaired) electrons. The molecule has 0 saturated carbocycles. The highest BCUT2D eigenvalue weighted by molar-refractivity contribution is 8.00. The molecule has 0 saturated heterocycles. The van der Waals surface area contributed by atoms with E-state index in [0.717, 1.165) is 17.7 Å². The molecule has 1 aromatic rings. The molecule has 0 spiro atoms. The fraction of sp³-hybridized carbons (Fsp3) is 0.417. The highest BCUT2D eigenvalue weighted by atomic mass is 32.2. The van der Waals surface area contributed by atoms with E-state index in [1.807, 2.05) is 30.5 Å². The van der Waals surface area contributed by atoms with Crippen molar-refractivity contribution in [2.75, 3.05) is 17.8 Å². The third kappa shape index (κ3) is 4.31. The summed E-state index contributed by atoms with van der Waals surface area (Å²) >= 11 is 3.41. The predicted molar refractivity (Wildman–Crippen MR) is 70.2 cm³/mol. The second-order valence-corrected chi connectivity index (χ2v) is 5.19. The van der Waals surface area contributed by atoms with Crippen molar-refractivity contribution in [2.45, 2.75) is 18.2 Å². The zero-order valence-corrected chi connectivity index (χ0v) is 10.8. The molecular weight excluding hydrogens is 224 g/mol. The molecule has 0 aromatic heterocycles. The van der Waals surface area contributed by atoms with E-state index >= 15 is 0 Å². The molecule has 1 aromatic carbocycles. The number of ketones is 1. The number of Topliss-reactive ketones (excluding diaryl/α,β-unsaturated/α-hetero) is 1. The fourth-order valence-corrected chi connectivity index (χ4v) is 2.36. The first-order chi connectivity index (χ1) is 7.27. The molecule has 0 aliphatic heterocycles. The van der Waals surface area contributed by atoms with Crippen LogP contribution in [-0.4, -0.2) is 23.5 Å². The summed E-state index contributed by atoms with van der Waals surface area (Å²) in [6.07, 6.45) is 3.16. The lowest BCUT2D eigenvalue weighted by Gasteiger charge is -2.01. The Morgan fingerprint density at radius 2 is 1.93 bits per heavy atom. The van der Waals surface area contributed by atoms with Crippen LogP contribution in [0.5, 0.6) is 0 Å². The van der Waals surface area contributed by atoms with Gasteiger partial charge in [0.2, 0.25) is 0 Å². The van der Waals surface area contributed by atoms with Crippen LogP contribution in [0.3, 0.4) is 0 Å². The van der Waals surface area contributed by atoms with Gasteiger partial charge in [-0.3, -0.25) is 4.79 Å². The van der Waals surface area contributed by atoms with Crippen molar-refractivity contribution in [3.05, 3.63) is 29.8 Å². The van der Waals surface area contributed by atoms with E-state index in [2.05, 4.69) is 6.92 Å². The Morgan fingerprint density at radius 1 is 1.27 bits per heavy atom. The molecule has 0 aliphatic carbocycles. The SMILES string of the molecule is CCCSCC(=O)c1ccc(SC)cc1. The minimum atomic E-state index is 0.237.